The number of rotatable bonds is 5. The number of ether oxygens (including phenoxy) is 1. The second kappa shape index (κ2) is 7.51. The molecule has 0 aliphatic heterocycles. The summed E-state index contributed by atoms with van der Waals surface area (Å²) in [6.45, 7) is 3.21. The Balaban J connectivity index is 1.65. The minimum absolute atomic E-state index is 0.0138. The fraction of sp³-hybridized carbons (Fsp3) is 0.588. The van der Waals surface area contributed by atoms with E-state index in [9.17, 15) is 26.0 Å². The number of aromatic amines is 1. The van der Waals surface area contributed by atoms with Gasteiger partial charge in [-0.3, -0.25) is 0 Å². The topological polar surface area (TPSA) is 84.1 Å². The molecule has 28 heavy (non-hydrogen) atoms. The summed E-state index contributed by atoms with van der Waals surface area (Å²) in [6, 6.07) is 1.23. The molecule has 1 aromatic carbocycles. The Kier molecular flexibility index (Phi) is 5.59. The zero-order valence-electron chi connectivity index (χ0n) is 15.3. The number of halogens is 4. The van der Waals surface area contributed by atoms with Crippen LogP contribution < -0.4 is 9.46 Å². The first kappa shape index (κ1) is 20.8. The fourth-order valence-corrected chi connectivity index (χ4v) is 4.08. The number of alkyl halides is 3. The van der Waals surface area contributed by atoms with E-state index in [0.29, 0.717) is 31.7 Å². The summed E-state index contributed by atoms with van der Waals surface area (Å²) >= 11 is 0. The minimum Gasteiger partial charge on any atom is -0.461 e. The Morgan fingerprint density at radius 2 is 1.86 bits per heavy atom. The monoisotopic (exact) mass is 423 g/mol. The number of aromatic nitrogens is 2. The number of nitrogens with zero attached hydrogens (tertiary/aromatic N) is 1. The second-order valence-corrected chi connectivity index (χ2v) is 9.46. The van der Waals surface area contributed by atoms with E-state index in [0.717, 1.165) is 6.07 Å². The summed E-state index contributed by atoms with van der Waals surface area (Å²) < 4.78 is 84.3. The summed E-state index contributed by atoms with van der Waals surface area (Å²) in [4.78, 5) is 6.63. The normalized spacial score (nSPS) is 21.4. The highest BCUT2D eigenvalue weighted by Crippen LogP contribution is 2.34. The van der Waals surface area contributed by atoms with E-state index in [2.05, 4.69) is 14.7 Å². The van der Waals surface area contributed by atoms with Crippen molar-refractivity contribution in [1.82, 2.24) is 14.7 Å². The fourth-order valence-electron chi connectivity index (χ4n) is 3.11. The zero-order chi connectivity index (χ0) is 20.7. The van der Waals surface area contributed by atoms with Gasteiger partial charge in [-0.05, 0) is 45.6 Å². The first-order valence-corrected chi connectivity index (χ1v) is 10.4. The molecule has 6 nitrogen and oxygen atoms in total. The maximum absolute atomic E-state index is 13.6. The lowest BCUT2D eigenvalue weighted by Gasteiger charge is -2.29. The van der Waals surface area contributed by atoms with Gasteiger partial charge in [0.05, 0.1) is 21.8 Å². The van der Waals surface area contributed by atoms with Crippen molar-refractivity contribution in [2.45, 2.75) is 63.1 Å². The highest BCUT2D eigenvalue weighted by atomic mass is 32.2. The van der Waals surface area contributed by atoms with Crippen LogP contribution in [0.5, 0.6) is 6.01 Å². The van der Waals surface area contributed by atoms with E-state index in [1.807, 2.05) is 0 Å². The van der Waals surface area contributed by atoms with E-state index >= 15 is 0 Å². The Morgan fingerprint density at radius 1 is 1.21 bits per heavy atom. The number of hydrogen-bond donors (Lipinski definition) is 2. The quantitative estimate of drug-likeness (QED) is 0.718. The standard InChI is InChI=1S/C17H21F4N3O3S/c1-9(2)28(25,26)24-10-3-5-11(6-4-10)27-16-22-14-7-12(17(19,20)21)13(18)8-15(14)23-16/h7-11,24H,3-6H2,1-2H3,(H,22,23). The molecule has 1 aromatic heterocycles. The van der Waals surface area contributed by atoms with Gasteiger partial charge >= 0.3 is 6.18 Å². The lowest BCUT2D eigenvalue weighted by Crippen LogP contribution is -2.42. The summed E-state index contributed by atoms with van der Waals surface area (Å²) in [5, 5.41) is -0.515. The highest BCUT2D eigenvalue weighted by molar-refractivity contribution is 7.90. The molecule has 0 unspecified atom stereocenters. The third kappa shape index (κ3) is 4.57. The predicted molar refractivity (Wildman–Crippen MR) is 94.9 cm³/mol. The van der Waals surface area contributed by atoms with Gasteiger partial charge in [0.15, 0.2) is 0 Å². The highest BCUT2D eigenvalue weighted by Gasteiger charge is 2.35. The molecule has 1 aliphatic carbocycles. The largest absolute Gasteiger partial charge is 0.461 e. The molecule has 1 saturated carbocycles. The van der Waals surface area contributed by atoms with E-state index in [1.54, 1.807) is 13.8 Å². The molecule has 1 heterocycles. The molecule has 0 atom stereocenters. The van der Waals surface area contributed by atoms with Crippen molar-refractivity contribution in [2.75, 3.05) is 0 Å². The van der Waals surface area contributed by atoms with Crippen LogP contribution in [0.25, 0.3) is 11.0 Å². The molecule has 156 valence electrons. The molecule has 0 saturated heterocycles. The molecule has 0 radical (unpaired) electrons. The molecule has 2 aromatic rings. The molecular formula is C17H21F4N3O3S. The average Bonchev–Trinajstić information content (AvgIpc) is 2.95. The molecule has 1 fully saturated rings. The number of imidazole rings is 1. The Bertz CT molecular complexity index is 948. The van der Waals surface area contributed by atoms with Gasteiger partial charge in [-0.1, -0.05) is 0 Å². The van der Waals surface area contributed by atoms with Crippen molar-refractivity contribution in [3.8, 4) is 6.01 Å². The number of nitrogens with one attached hydrogen (secondary N) is 2. The maximum Gasteiger partial charge on any atom is 0.419 e. The van der Waals surface area contributed by atoms with Crippen molar-refractivity contribution in [3.63, 3.8) is 0 Å². The maximum atomic E-state index is 13.6. The number of H-pyrrole nitrogens is 1. The third-order valence-corrected chi connectivity index (χ3v) is 6.66. The molecule has 11 heteroatoms. The Hall–Kier alpha value is -1.88. The second-order valence-electron chi connectivity index (χ2n) is 7.19. The Morgan fingerprint density at radius 3 is 2.43 bits per heavy atom. The minimum atomic E-state index is -4.80. The molecule has 0 spiro atoms. The van der Waals surface area contributed by atoms with Crippen LogP contribution in [0, 0.1) is 5.82 Å². The van der Waals surface area contributed by atoms with Gasteiger partial charge in [0.2, 0.25) is 10.0 Å². The Labute approximate surface area is 159 Å². The van der Waals surface area contributed by atoms with Crippen LogP contribution in [0.3, 0.4) is 0 Å². The van der Waals surface area contributed by atoms with Gasteiger partial charge in [0.1, 0.15) is 11.9 Å². The van der Waals surface area contributed by atoms with Crippen LogP contribution in [-0.2, 0) is 16.2 Å². The first-order valence-electron chi connectivity index (χ1n) is 8.90. The lowest BCUT2D eigenvalue weighted by molar-refractivity contribution is -0.139. The summed E-state index contributed by atoms with van der Waals surface area (Å²) in [5.74, 6) is -1.39. The van der Waals surface area contributed by atoms with Crippen LogP contribution >= 0.6 is 0 Å². The molecule has 2 N–H and O–H groups in total. The van der Waals surface area contributed by atoms with E-state index in [1.165, 1.54) is 0 Å². The van der Waals surface area contributed by atoms with Crippen molar-refractivity contribution in [1.29, 1.82) is 0 Å². The number of sulfonamides is 1. The first-order chi connectivity index (χ1) is 13.0. The zero-order valence-corrected chi connectivity index (χ0v) is 16.1. The van der Waals surface area contributed by atoms with Crippen LogP contribution in [0.1, 0.15) is 45.1 Å². The van der Waals surface area contributed by atoms with Gasteiger partial charge in [0.25, 0.3) is 6.01 Å². The number of fused-ring (bicyclic) bond motifs is 1. The van der Waals surface area contributed by atoms with Crippen LogP contribution in [0.2, 0.25) is 0 Å². The third-order valence-electron chi connectivity index (χ3n) is 4.76. The van der Waals surface area contributed by atoms with Crippen molar-refractivity contribution in [3.05, 3.63) is 23.5 Å². The average molecular weight is 423 g/mol. The molecule has 1 aliphatic rings. The summed E-state index contributed by atoms with van der Waals surface area (Å²) in [5.41, 5.74) is -1.30. The molecular weight excluding hydrogens is 402 g/mol. The van der Waals surface area contributed by atoms with Gasteiger partial charge in [-0.25, -0.2) is 17.5 Å². The van der Waals surface area contributed by atoms with Crippen LogP contribution in [0.4, 0.5) is 17.6 Å². The number of benzene rings is 1. The van der Waals surface area contributed by atoms with Crippen molar-refractivity contribution >= 4 is 21.1 Å². The summed E-state index contributed by atoms with van der Waals surface area (Å²) in [6.07, 6.45) is -2.79. The van der Waals surface area contributed by atoms with Gasteiger partial charge < -0.3 is 9.72 Å². The summed E-state index contributed by atoms with van der Waals surface area (Å²) in [7, 11) is -3.35. The smallest absolute Gasteiger partial charge is 0.419 e. The van der Waals surface area contributed by atoms with Crippen LogP contribution in [0.15, 0.2) is 12.1 Å². The van der Waals surface area contributed by atoms with E-state index in [-0.39, 0.29) is 29.2 Å². The van der Waals surface area contributed by atoms with Crippen molar-refractivity contribution in [2.24, 2.45) is 0 Å². The molecule has 3 rings (SSSR count). The SMILES string of the molecule is CC(C)S(=O)(=O)NC1CCC(Oc2nc3cc(F)c(C(F)(F)F)cc3[nH]2)CC1. The van der Waals surface area contributed by atoms with Gasteiger partial charge in [-0.15, -0.1) is 0 Å². The number of hydrogen-bond acceptors (Lipinski definition) is 4. The molecule has 0 amide bonds. The van der Waals surface area contributed by atoms with Gasteiger partial charge in [0, 0.05) is 12.1 Å². The lowest BCUT2D eigenvalue weighted by atomic mass is 9.94. The van der Waals surface area contributed by atoms with E-state index in [4.69, 9.17) is 4.74 Å². The van der Waals surface area contributed by atoms with Gasteiger partial charge in [-0.2, -0.15) is 18.2 Å². The van der Waals surface area contributed by atoms with Crippen molar-refractivity contribution < 1.29 is 30.7 Å². The van der Waals surface area contributed by atoms with Crippen LogP contribution in [-0.4, -0.2) is 35.8 Å². The predicted octanol–water partition coefficient (Wildman–Crippen LogP) is 3.74. The van der Waals surface area contributed by atoms with E-state index < -0.39 is 32.8 Å². The molecule has 0 bridgehead atoms.